The first-order chi connectivity index (χ1) is 14.9. The molecule has 0 aliphatic carbocycles. The van der Waals surface area contributed by atoms with Gasteiger partial charge in [0.05, 0.1) is 30.2 Å². The average Bonchev–Trinajstić information content (AvgIpc) is 3.18. The molecular weight excluding hydrogens is 422 g/mol. The van der Waals surface area contributed by atoms with Crippen LogP contribution in [-0.2, 0) is 16.1 Å². The molecule has 0 fully saturated rings. The molecule has 4 aromatic rings. The van der Waals surface area contributed by atoms with Crippen LogP contribution < -0.4 is 0 Å². The van der Waals surface area contributed by atoms with Crippen molar-refractivity contribution in [2.75, 3.05) is 6.26 Å². The summed E-state index contributed by atoms with van der Waals surface area (Å²) in [6, 6.07) is 19.9. The molecule has 0 aliphatic heterocycles. The van der Waals surface area contributed by atoms with Crippen LogP contribution in [0.3, 0.4) is 0 Å². The molecule has 0 aliphatic rings. The van der Waals surface area contributed by atoms with Gasteiger partial charge in [0, 0.05) is 18.0 Å². The topological polar surface area (TPSA) is 55.2 Å². The van der Waals surface area contributed by atoms with Gasteiger partial charge in [-0.1, -0.05) is 48.9 Å². The zero-order valence-electron chi connectivity index (χ0n) is 18.1. The second-order valence-corrected chi connectivity index (χ2v) is 10.9. The quantitative estimate of drug-likeness (QED) is 0.336. The first-order valence-electron chi connectivity index (χ1n) is 10.2. The Morgan fingerprint density at radius 3 is 2.55 bits per heavy atom. The zero-order chi connectivity index (χ0) is 22.0. The van der Waals surface area contributed by atoms with E-state index in [-0.39, 0.29) is 0 Å². The fourth-order valence-corrected chi connectivity index (χ4v) is 6.09. The summed E-state index contributed by atoms with van der Waals surface area (Å²) < 4.78 is 17.9. The summed E-state index contributed by atoms with van der Waals surface area (Å²) in [4.78, 5) is 11.1. The molecule has 2 heterocycles. The van der Waals surface area contributed by atoms with Gasteiger partial charge in [-0.15, -0.1) is 11.3 Å². The highest BCUT2D eigenvalue weighted by Gasteiger charge is 2.16. The van der Waals surface area contributed by atoms with Gasteiger partial charge >= 0.3 is 0 Å². The lowest BCUT2D eigenvalue weighted by atomic mass is 10.1. The van der Waals surface area contributed by atoms with Crippen LogP contribution in [0.15, 0.2) is 76.1 Å². The van der Waals surface area contributed by atoms with Crippen LogP contribution in [0.5, 0.6) is 0 Å². The maximum Gasteiger partial charge on any atom is 0.162 e. The first kappa shape index (κ1) is 21.4. The Bertz CT molecular complexity index is 1360. The van der Waals surface area contributed by atoms with Crippen LogP contribution in [0.25, 0.3) is 21.7 Å². The summed E-state index contributed by atoms with van der Waals surface area (Å²) in [5.41, 5.74) is 5.22. The SMILES string of the molecule is CCc1nc(-c2cccc(C)c2)c(-c2ccnc(N=S(C)(=O)c3ccccc3C)c2)s1. The van der Waals surface area contributed by atoms with E-state index in [1.54, 1.807) is 23.8 Å². The Labute approximate surface area is 188 Å². The molecule has 0 saturated heterocycles. The van der Waals surface area contributed by atoms with Crippen molar-refractivity contribution in [3.63, 3.8) is 0 Å². The number of pyridine rings is 1. The van der Waals surface area contributed by atoms with Gasteiger partial charge in [0.2, 0.25) is 0 Å². The third-order valence-electron chi connectivity index (χ3n) is 5.04. The Hall–Kier alpha value is -2.83. The van der Waals surface area contributed by atoms with E-state index in [0.717, 1.165) is 43.6 Å². The molecule has 0 N–H and O–H groups in total. The maximum absolute atomic E-state index is 13.4. The number of aryl methyl sites for hydroxylation is 3. The molecule has 6 heteroatoms. The van der Waals surface area contributed by atoms with E-state index in [1.165, 1.54) is 5.56 Å². The summed E-state index contributed by atoms with van der Waals surface area (Å²) in [6.07, 6.45) is 4.28. The molecule has 0 amide bonds. The minimum Gasteiger partial charge on any atom is -0.245 e. The van der Waals surface area contributed by atoms with Crippen molar-refractivity contribution in [3.05, 3.63) is 83.0 Å². The predicted octanol–water partition coefficient (Wildman–Crippen LogP) is 6.84. The smallest absolute Gasteiger partial charge is 0.162 e. The van der Waals surface area contributed by atoms with Crippen LogP contribution in [0, 0.1) is 13.8 Å². The molecular formula is C25H25N3OS2. The number of hydrogen-bond acceptors (Lipinski definition) is 5. The van der Waals surface area contributed by atoms with Crippen LogP contribution in [-0.4, -0.2) is 20.4 Å². The third kappa shape index (κ3) is 4.60. The summed E-state index contributed by atoms with van der Waals surface area (Å²) >= 11 is 1.69. The van der Waals surface area contributed by atoms with E-state index in [9.17, 15) is 4.21 Å². The van der Waals surface area contributed by atoms with E-state index in [2.05, 4.69) is 47.5 Å². The van der Waals surface area contributed by atoms with Crippen molar-refractivity contribution in [3.8, 4) is 21.7 Å². The minimum atomic E-state index is -2.61. The second kappa shape index (κ2) is 8.73. The number of aromatic nitrogens is 2. The van der Waals surface area contributed by atoms with Gasteiger partial charge in [-0.2, -0.15) is 4.36 Å². The third-order valence-corrected chi connectivity index (χ3v) is 8.10. The molecule has 2 aromatic heterocycles. The van der Waals surface area contributed by atoms with Crippen molar-refractivity contribution in [2.24, 2.45) is 4.36 Å². The lowest BCUT2D eigenvalue weighted by Gasteiger charge is -2.08. The number of benzene rings is 2. The number of rotatable bonds is 5. The predicted molar refractivity (Wildman–Crippen MR) is 130 cm³/mol. The molecule has 2 aromatic carbocycles. The number of thiazole rings is 1. The monoisotopic (exact) mass is 447 g/mol. The summed E-state index contributed by atoms with van der Waals surface area (Å²) in [5, 5.41) is 1.08. The van der Waals surface area contributed by atoms with Crippen LogP contribution in [0.4, 0.5) is 5.82 Å². The van der Waals surface area contributed by atoms with Gasteiger partial charge in [-0.25, -0.2) is 14.2 Å². The molecule has 0 bridgehead atoms. The van der Waals surface area contributed by atoms with E-state index < -0.39 is 9.73 Å². The normalized spacial score (nSPS) is 13.0. The fraction of sp³-hybridized carbons (Fsp3) is 0.200. The fourth-order valence-electron chi connectivity index (χ4n) is 3.52. The standard InChI is InChI=1S/C25H25N3OS2/c1-5-23-27-24(19-11-8-9-17(2)15-19)25(30-23)20-13-14-26-22(16-20)28-31(4,29)21-12-7-6-10-18(21)3/h6-16H,5H2,1-4H3. The molecule has 31 heavy (non-hydrogen) atoms. The molecule has 4 nitrogen and oxygen atoms in total. The van der Waals surface area contributed by atoms with Crippen molar-refractivity contribution >= 4 is 26.9 Å². The first-order valence-corrected chi connectivity index (χ1v) is 12.9. The lowest BCUT2D eigenvalue weighted by molar-refractivity contribution is 0.680. The molecule has 0 radical (unpaired) electrons. The van der Waals surface area contributed by atoms with Gasteiger partial charge in [-0.05, 0) is 55.7 Å². The van der Waals surface area contributed by atoms with Gasteiger partial charge in [0.1, 0.15) is 0 Å². The molecule has 4 rings (SSSR count). The van der Waals surface area contributed by atoms with E-state index in [1.807, 2.05) is 43.3 Å². The van der Waals surface area contributed by atoms with Crippen LogP contribution in [0.1, 0.15) is 23.1 Å². The average molecular weight is 448 g/mol. The van der Waals surface area contributed by atoms with Gasteiger partial charge in [0.15, 0.2) is 5.82 Å². The van der Waals surface area contributed by atoms with Crippen molar-refractivity contribution in [2.45, 2.75) is 32.1 Å². The highest BCUT2D eigenvalue weighted by atomic mass is 32.2. The Balaban J connectivity index is 1.82. The Morgan fingerprint density at radius 2 is 1.81 bits per heavy atom. The maximum atomic E-state index is 13.4. The molecule has 158 valence electrons. The zero-order valence-corrected chi connectivity index (χ0v) is 19.8. The van der Waals surface area contributed by atoms with Gasteiger partial charge in [-0.3, -0.25) is 0 Å². The van der Waals surface area contributed by atoms with E-state index in [0.29, 0.717) is 5.82 Å². The van der Waals surface area contributed by atoms with E-state index >= 15 is 0 Å². The number of hydrogen-bond donors (Lipinski definition) is 0. The van der Waals surface area contributed by atoms with E-state index in [4.69, 9.17) is 4.98 Å². The summed E-state index contributed by atoms with van der Waals surface area (Å²) in [6.45, 7) is 6.16. The number of nitrogens with zero attached hydrogens (tertiary/aromatic N) is 3. The molecule has 0 saturated carbocycles. The van der Waals surface area contributed by atoms with Crippen LogP contribution in [0.2, 0.25) is 0 Å². The largest absolute Gasteiger partial charge is 0.245 e. The highest BCUT2D eigenvalue weighted by molar-refractivity contribution is 7.93. The Morgan fingerprint density at radius 1 is 1.00 bits per heavy atom. The Kier molecular flexibility index (Phi) is 6.03. The lowest BCUT2D eigenvalue weighted by Crippen LogP contribution is -1.99. The summed E-state index contributed by atoms with van der Waals surface area (Å²) in [5.74, 6) is 0.467. The highest BCUT2D eigenvalue weighted by Crippen LogP contribution is 2.38. The van der Waals surface area contributed by atoms with Crippen molar-refractivity contribution < 1.29 is 4.21 Å². The molecule has 0 spiro atoms. The van der Waals surface area contributed by atoms with Crippen molar-refractivity contribution in [1.29, 1.82) is 0 Å². The van der Waals surface area contributed by atoms with Crippen molar-refractivity contribution in [1.82, 2.24) is 9.97 Å². The van der Waals surface area contributed by atoms with Gasteiger partial charge in [0.25, 0.3) is 0 Å². The second-order valence-electron chi connectivity index (χ2n) is 7.57. The summed E-state index contributed by atoms with van der Waals surface area (Å²) in [7, 11) is -2.61. The van der Waals surface area contributed by atoms with Crippen LogP contribution >= 0.6 is 11.3 Å². The minimum absolute atomic E-state index is 0.467. The van der Waals surface area contributed by atoms with Gasteiger partial charge < -0.3 is 0 Å². The molecule has 1 atom stereocenters. The molecule has 1 unspecified atom stereocenters.